The van der Waals surface area contributed by atoms with Crippen molar-refractivity contribution >= 4 is 27.5 Å². The molecule has 0 spiro atoms. The van der Waals surface area contributed by atoms with Crippen LogP contribution in [0.1, 0.15) is 37.5 Å². The fourth-order valence-corrected chi connectivity index (χ4v) is 5.80. The van der Waals surface area contributed by atoms with Crippen molar-refractivity contribution in [2.75, 3.05) is 29.9 Å². The van der Waals surface area contributed by atoms with E-state index in [1.807, 2.05) is 75.4 Å². The highest BCUT2D eigenvalue weighted by molar-refractivity contribution is 7.92. The highest BCUT2D eigenvalue weighted by Gasteiger charge is 2.34. The molecule has 9 nitrogen and oxygen atoms in total. The average molecular weight is 594 g/mol. The molecular formula is C32H39N3O6S. The van der Waals surface area contributed by atoms with Gasteiger partial charge in [0.05, 0.1) is 11.4 Å². The van der Waals surface area contributed by atoms with Crippen molar-refractivity contribution in [2.45, 2.75) is 46.7 Å². The van der Waals surface area contributed by atoms with Crippen LogP contribution in [-0.2, 0) is 32.6 Å². The van der Waals surface area contributed by atoms with Gasteiger partial charge in [0.2, 0.25) is 28.6 Å². The highest BCUT2D eigenvalue weighted by atomic mass is 32.2. The average Bonchev–Trinajstić information content (AvgIpc) is 3.45. The van der Waals surface area contributed by atoms with Crippen molar-refractivity contribution in [3.05, 3.63) is 89.5 Å². The first-order chi connectivity index (χ1) is 20.1. The summed E-state index contributed by atoms with van der Waals surface area (Å²) in [5.74, 6) is 0.124. The third kappa shape index (κ3) is 7.82. The highest BCUT2D eigenvalue weighted by Crippen LogP contribution is 2.36. The van der Waals surface area contributed by atoms with Crippen molar-refractivity contribution < 1.29 is 27.5 Å². The number of hydrogen-bond donors (Lipinski definition) is 1. The topological polar surface area (TPSA) is 105 Å². The summed E-state index contributed by atoms with van der Waals surface area (Å²) in [5, 5.41) is 2.99. The van der Waals surface area contributed by atoms with Gasteiger partial charge in [0, 0.05) is 25.6 Å². The molecule has 1 heterocycles. The van der Waals surface area contributed by atoms with Crippen LogP contribution < -0.4 is 19.1 Å². The molecule has 1 aliphatic rings. The molecule has 1 atom stereocenters. The van der Waals surface area contributed by atoms with Gasteiger partial charge in [0.1, 0.15) is 12.6 Å². The smallest absolute Gasteiger partial charge is 0.244 e. The number of amides is 2. The summed E-state index contributed by atoms with van der Waals surface area (Å²) in [6, 6.07) is 21.1. The molecule has 2 amide bonds. The Kier molecular flexibility index (Phi) is 10.1. The zero-order valence-electron chi connectivity index (χ0n) is 24.6. The summed E-state index contributed by atoms with van der Waals surface area (Å²) in [6.07, 6.45) is 0.271. The number of aryl methyl sites for hydroxylation is 1. The number of ether oxygens (including phenoxy) is 2. The number of sulfonamides is 1. The van der Waals surface area contributed by atoms with Gasteiger partial charge in [-0.15, -0.1) is 0 Å². The number of rotatable bonds is 13. The van der Waals surface area contributed by atoms with Gasteiger partial charge in [-0.2, -0.15) is 0 Å². The molecule has 0 bridgehead atoms. The Balaban J connectivity index is 1.74. The molecule has 0 aromatic heterocycles. The van der Waals surface area contributed by atoms with Crippen molar-refractivity contribution in [1.82, 2.24) is 10.2 Å². The van der Waals surface area contributed by atoms with Crippen LogP contribution in [0.15, 0.2) is 72.8 Å². The molecule has 3 aromatic rings. The number of nitrogens with one attached hydrogen (secondary N) is 1. The molecule has 42 heavy (non-hydrogen) atoms. The molecule has 0 saturated heterocycles. The Hall–Kier alpha value is -4.05. The van der Waals surface area contributed by atoms with Gasteiger partial charge in [0.25, 0.3) is 0 Å². The lowest BCUT2D eigenvalue weighted by molar-refractivity contribution is -0.140. The maximum absolute atomic E-state index is 14.3. The van der Waals surface area contributed by atoms with Gasteiger partial charge in [-0.3, -0.25) is 13.9 Å². The summed E-state index contributed by atoms with van der Waals surface area (Å²) >= 11 is 0. The second-order valence-corrected chi connectivity index (χ2v) is 13.0. The van der Waals surface area contributed by atoms with Gasteiger partial charge in [0.15, 0.2) is 11.5 Å². The molecule has 1 unspecified atom stereocenters. The SMILES string of the molecule is CCS(=O)(=O)N(CC(=O)N(Cc1cccc(C)c1)C(Cc1ccccc1)C(=O)NCC(C)C)c1ccc2c(c1)OCO2. The van der Waals surface area contributed by atoms with Crippen molar-refractivity contribution in [3.63, 3.8) is 0 Å². The van der Waals surface area contributed by atoms with E-state index in [0.29, 0.717) is 18.0 Å². The molecule has 0 saturated carbocycles. The van der Waals surface area contributed by atoms with E-state index in [0.717, 1.165) is 21.0 Å². The van der Waals surface area contributed by atoms with Gasteiger partial charge < -0.3 is 19.7 Å². The van der Waals surface area contributed by atoms with E-state index in [1.54, 1.807) is 18.2 Å². The second kappa shape index (κ2) is 13.7. The molecular weight excluding hydrogens is 554 g/mol. The van der Waals surface area contributed by atoms with Gasteiger partial charge in [-0.1, -0.05) is 74.0 Å². The van der Waals surface area contributed by atoms with Crippen molar-refractivity contribution in [2.24, 2.45) is 5.92 Å². The maximum atomic E-state index is 14.3. The van der Waals surface area contributed by atoms with E-state index >= 15 is 0 Å². The summed E-state index contributed by atoms with van der Waals surface area (Å²) in [4.78, 5) is 29.5. The minimum atomic E-state index is -3.88. The Morgan fingerprint density at radius 3 is 2.33 bits per heavy atom. The van der Waals surface area contributed by atoms with Gasteiger partial charge in [-0.25, -0.2) is 8.42 Å². The minimum absolute atomic E-state index is 0.0369. The third-order valence-corrected chi connectivity index (χ3v) is 8.76. The predicted molar refractivity (Wildman–Crippen MR) is 163 cm³/mol. The molecule has 0 fully saturated rings. The molecule has 1 aliphatic heterocycles. The molecule has 224 valence electrons. The van der Waals surface area contributed by atoms with Crippen LogP contribution in [0.2, 0.25) is 0 Å². The van der Waals surface area contributed by atoms with Crippen molar-refractivity contribution in [3.8, 4) is 11.5 Å². The largest absolute Gasteiger partial charge is 0.454 e. The van der Waals surface area contributed by atoms with E-state index in [9.17, 15) is 18.0 Å². The second-order valence-electron chi connectivity index (χ2n) is 10.8. The number of carbonyl (C=O) groups is 2. The summed E-state index contributed by atoms with van der Waals surface area (Å²) in [7, 11) is -3.88. The van der Waals surface area contributed by atoms with E-state index in [4.69, 9.17) is 9.47 Å². The van der Waals surface area contributed by atoms with Gasteiger partial charge in [-0.05, 0) is 43.0 Å². The first-order valence-corrected chi connectivity index (χ1v) is 15.7. The van der Waals surface area contributed by atoms with E-state index in [2.05, 4.69) is 5.32 Å². The van der Waals surface area contributed by atoms with Crippen LogP contribution in [0.5, 0.6) is 11.5 Å². The Bertz CT molecular complexity index is 1490. The van der Waals surface area contributed by atoms with E-state index in [1.165, 1.54) is 11.8 Å². The number of carbonyl (C=O) groups excluding carboxylic acids is 2. The predicted octanol–water partition coefficient (Wildman–Crippen LogP) is 4.29. The monoisotopic (exact) mass is 593 g/mol. The van der Waals surface area contributed by atoms with Crippen LogP contribution in [-0.4, -0.2) is 56.8 Å². The Morgan fingerprint density at radius 1 is 0.929 bits per heavy atom. The van der Waals surface area contributed by atoms with Crippen LogP contribution in [0.25, 0.3) is 0 Å². The molecule has 0 aliphatic carbocycles. The molecule has 10 heteroatoms. The van der Waals surface area contributed by atoms with Crippen LogP contribution in [0.4, 0.5) is 5.69 Å². The summed E-state index contributed by atoms with van der Waals surface area (Å²) in [5.41, 5.74) is 3.03. The molecule has 0 radical (unpaired) electrons. The molecule has 1 N–H and O–H groups in total. The lowest BCUT2D eigenvalue weighted by Gasteiger charge is -2.34. The number of anilines is 1. The summed E-state index contributed by atoms with van der Waals surface area (Å²) < 4.78 is 38.6. The number of benzene rings is 3. The zero-order valence-corrected chi connectivity index (χ0v) is 25.4. The first kappa shape index (κ1) is 30.9. The lowest BCUT2D eigenvalue weighted by Crippen LogP contribution is -2.54. The van der Waals surface area contributed by atoms with Crippen LogP contribution in [0, 0.1) is 12.8 Å². The quantitative estimate of drug-likeness (QED) is 0.317. The van der Waals surface area contributed by atoms with Crippen molar-refractivity contribution in [1.29, 1.82) is 0 Å². The van der Waals surface area contributed by atoms with E-state index in [-0.39, 0.29) is 43.0 Å². The minimum Gasteiger partial charge on any atom is -0.454 e. The number of hydrogen-bond acceptors (Lipinski definition) is 6. The third-order valence-electron chi connectivity index (χ3n) is 7.01. The fourth-order valence-electron chi connectivity index (χ4n) is 4.74. The maximum Gasteiger partial charge on any atom is 0.244 e. The number of fused-ring (bicyclic) bond motifs is 1. The Labute approximate surface area is 248 Å². The summed E-state index contributed by atoms with van der Waals surface area (Å²) in [6.45, 7) is 7.63. The van der Waals surface area contributed by atoms with Crippen LogP contribution in [0.3, 0.4) is 0 Å². The fraction of sp³-hybridized carbons (Fsp3) is 0.375. The lowest BCUT2D eigenvalue weighted by atomic mass is 10.0. The standard InChI is InChI=1S/C32H39N3O6S/c1-5-42(38,39)35(27-14-15-29-30(18-27)41-22-40-29)21-31(36)34(20-26-13-9-10-24(4)16-26)28(32(37)33-19-23(2)3)17-25-11-7-6-8-12-25/h6-16,18,23,28H,5,17,19-22H2,1-4H3,(H,33,37). The molecule has 4 rings (SSSR count). The molecule has 3 aromatic carbocycles. The van der Waals surface area contributed by atoms with Crippen LogP contribution >= 0.6 is 0 Å². The Morgan fingerprint density at radius 2 is 1.64 bits per heavy atom. The number of nitrogens with zero attached hydrogens (tertiary/aromatic N) is 2. The zero-order chi connectivity index (χ0) is 30.3. The van der Waals surface area contributed by atoms with E-state index < -0.39 is 28.5 Å². The normalized spacial score (nSPS) is 13.1. The van der Waals surface area contributed by atoms with Gasteiger partial charge >= 0.3 is 0 Å². The first-order valence-electron chi connectivity index (χ1n) is 14.1.